The zero-order valence-corrected chi connectivity index (χ0v) is 23.4. The van der Waals surface area contributed by atoms with Gasteiger partial charge in [0, 0.05) is 17.2 Å². The molecule has 1 aliphatic heterocycles. The second-order valence-corrected chi connectivity index (χ2v) is 10.5. The van der Waals surface area contributed by atoms with Crippen LogP contribution in [0.15, 0.2) is 133 Å². The van der Waals surface area contributed by atoms with Crippen molar-refractivity contribution in [3.63, 3.8) is 0 Å². The summed E-state index contributed by atoms with van der Waals surface area (Å²) in [5, 5.41) is 3.42. The molecule has 0 aromatic heterocycles. The molecule has 4 aromatic rings. The summed E-state index contributed by atoms with van der Waals surface area (Å²) in [6.07, 6.45) is 3.79. The molecule has 0 fully saturated rings. The molecule has 40 heavy (non-hydrogen) atoms. The molecule has 1 atom stereocenters. The second kappa shape index (κ2) is 10.1. The standard InChI is InChI=1S/C37H33NO2/c1-6-27(28-16-8-7-9-17-28)23-38-32-21-14-22-33-36(32)39-26(4)35(40-33)34-25(3)37(5,30-19-12-10-15-24(30)2)31-20-13-11-18-29(31)34/h6-23,38H,1H2,2-5H3/b27-23-. The first kappa shape index (κ1) is 25.5. The molecule has 1 heterocycles. The molecule has 0 radical (unpaired) electrons. The summed E-state index contributed by atoms with van der Waals surface area (Å²) in [6.45, 7) is 12.7. The van der Waals surface area contributed by atoms with Crippen LogP contribution in [0.5, 0.6) is 11.5 Å². The third-order valence-corrected chi connectivity index (χ3v) is 8.25. The molecule has 3 nitrogen and oxygen atoms in total. The lowest BCUT2D eigenvalue weighted by molar-refractivity contribution is 0.310. The normalized spacial score (nSPS) is 18.1. The maximum absolute atomic E-state index is 6.69. The zero-order chi connectivity index (χ0) is 27.9. The highest BCUT2D eigenvalue weighted by Crippen LogP contribution is 2.54. The van der Waals surface area contributed by atoms with Gasteiger partial charge in [-0.05, 0) is 78.8 Å². The van der Waals surface area contributed by atoms with E-state index in [1.54, 1.807) is 0 Å². The summed E-state index contributed by atoms with van der Waals surface area (Å²) in [7, 11) is 0. The largest absolute Gasteiger partial charge is 0.452 e. The Bertz CT molecular complexity index is 1720. The topological polar surface area (TPSA) is 30.5 Å². The summed E-state index contributed by atoms with van der Waals surface area (Å²) in [4.78, 5) is 0. The van der Waals surface area contributed by atoms with E-state index in [0.29, 0.717) is 11.5 Å². The van der Waals surface area contributed by atoms with E-state index in [0.717, 1.165) is 33.9 Å². The van der Waals surface area contributed by atoms with Gasteiger partial charge in [-0.2, -0.15) is 0 Å². The van der Waals surface area contributed by atoms with Crippen LogP contribution in [0.25, 0.3) is 11.1 Å². The molecule has 6 rings (SSSR count). The van der Waals surface area contributed by atoms with Crippen molar-refractivity contribution in [2.45, 2.75) is 33.1 Å². The Morgan fingerprint density at radius 3 is 2.23 bits per heavy atom. The van der Waals surface area contributed by atoms with Gasteiger partial charge in [0.25, 0.3) is 0 Å². The molecule has 4 aromatic carbocycles. The lowest BCUT2D eigenvalue weighted by Crippen LogP contribution is -2.24. The number of para-hydroxylation sites is 1. The molecule has 0 bridgehead atoms. The van der Waals surface area contributed by atoms with Gasteiger partial charge in [0.05, 0.1) is 5.69 Å². The Balaban J connectivity index is 1.40. The molecule has 1 N–H and O–H groups in total. The molecular formula is C37H33NO2. The quantitative estimate of drug-likeness (QED) is 0.255. The average Bonchev–Trinajstić information content (AvgIpc) is 3.21. The van der Waals surface area contributed by atoms with Gasteiger partial charge in [0.15, 0.2) is 17.3 Å². The number of nitrogens with one attached hydrogen (secondary N) is 1. The van der Waals surface area contributed by atoms with Gasteiger partial charge in [-0.15, -0.1) is 0 Å². The smallest absolute Gasteiger partial charge is 0.192 e. The SMILES string of the molecule is C=C/C(=C/Nc1cccc2c1OC(C)=C(C1=C(C)C(C)(c3ccccc3C)c3ccccc31)O2)c1ccccc1. The van der Waals surface area contributed by atoms with E-state index in [-0.39, 0.29) is 5.41 Å². The molecule has 0 saturated carbocycles. The van der Waals surface area contributed by atoms with E-state index in [2.05, 4.69) is 93.3 Å². The third-order valence-electron chi connectivity index (χ3n) is 8.25. The van der Waals surface area contributed by atoms with Gasteiger partial charge >= 0.3 is 0 Å². The number of benzene rings is 4. The first-order valence-electron chi connectivity index (χ1n) is 13.7. The molecule has 0 saturated heterocycles. The van der Waals surface area contributed by atoms with E-state index in [1.165, 1.54) is 27.8 Å². The fraction of sp³-hybridized carbons (Fsp3) is 0.135. The molecular weight excluding hydrogens is 490 g/mol. The first-order chi connectivity index (χ1) is 19.4. The monoisotopic (exact) mass is 523 g/mol. The van der Waals surface area contributed by atoms with E-state index in [4.69, 9.17) is 9.47 Å². The van der Waals surface area contributed by atoms with Gasteiger partial charge in [0.1, 0.15) is 5.76 Å². The molecule has 0 spiro atoms. The minimum atomic E-state index is -0.277. The van der Waals surface area contributed by atoms with Crippen molar-refractivity contribution in [2.24, 2.45) is 0 Å². The fourth-order valence-electron chi connectivity index (χ4n) is 6.03. The fourth-order valence-corrected chi connectivity index (χ4v) is 6.03. The van der Waals surface area contributed by atoms with Crippen molar-refractivity contribution in [1.29, 1.82) is 0 Å². The number of allylic oxidation sites excluding steroid dienone is 5. The Kier molecular flexibility index (Phi) is 6.43. The minimum absolute atomic E-state index is 0.277. The van der Waals surface area contributed by atoms with Crippen molar-refractivity contribution >= 4 is 16.8 Å². The molecule has 198 valence electrons. The van der Waals surface area contributed by atoms with Crippen molar-refractivity contribution in [2.75, 3.05) is 5.32 Å². The van der Waals surface area contributed by atoms with Gasteiger partial charge in [-0.3, -0.25) is 0 Å². The van der Waals surface area contributed by atoms with Gasteiger partial charge in [-0.1, -0.05) is 97.6 Å². The Labute approximate surface area is 236 Å². The minimum Gasteiger partial charge on any atom is -0.452 e. The molecule has 2 aliphatic rings. The van der Waals surface area contributed by atoms with Crippen LogP contribution in [0.2, 0.25) is 0 Å². The number of rotatable bonds is 6. The van der Waals surface area contributed by atoms with Crippen molar-refractivity contribution in [3.8, 4) is 11.5 Å². The van der Waals surface area contributed by atoms with Crippen LogP contribution in [0.1, 0.15) is 48.6 Å². The molecule has 1 unspecified atom stereocenters. The van der Waals surface area contributed by atoms with Crippen molar-refractivity contribution in [3.05, 3.63) is 161 Å². The highest BCUT2D eigenvalue weighted by Gasteiger charge is 2.43. The molecule has 3 heteroatoms. The maximum atomic E-state index is 6.69. The number of ether oxygens (including phenoxy) is 2. The number of anilines is 1. The maximum Gasteiger partial charge on any atom is 0.192 e. The van der Waals surface area contributed by atoms with E-state index in [9.17, 15) is 0 Å². The summed E-state index contributed by atoms with van der Waals surface area (Å²) >= 11 is 0. The number of hydrogen-bond donors (Lipinski definition) is 1. The Morgan fingerprint density at radius 1 is 0.775 bits per heavy atom. The van der Waals surface area contributed by atoms with Crippen molar-refractivity contribution in [1.82, 2.24) is 0 Å². The van der Waals surface area contributed by atoms with Crippen LogP contribution >= 0.6 is 0 Å². The van der Waals surface area contributed by atoms with Crippen LogP contribution in [0, 0.1) is 6.92 Å². The summed E-state index contributed by atoms with van der Waals surface area (Å²) in [5.74, 6) is 2.85. The van der Waals surface area contributed by atoms with E-state index in [1.807, 2.05) is 55.6 Å². The van der Waals surface area contributed by atoms with Crippen LogP contribution in [0.3, 0.4) is 0 Å². The van der Waals surface area contributed by atoms with Gasteiger partial charge < -0.3 is 14.8 Å². The van der Waals surface area contributed by atoms with Gasteiger partial charge in [0.2, 0.25) is 0 Å². The van der Waals surface area contributed by atoms with E-state index >= 15 is 0 Å². The van der Waals surface area contributed by atoms with E-state index < -0.39 is 0 Å². The lowest BCUT2D eigenvalue weighted by atomic mass is 9.72. The van der Waals surface area contributed by atoms with Gasteiger partial charge in [-0.25, -0.2) is 0 Å². The van der Waals surface area contributed by atoms with Crippen molar-refractivity contribution < 1.29 is 9.47 Å². The summed E-state index contributed by atoms with van der Waals surface area (Å²) < 4.78 is 13.2. The van der Waals surface area contributed by atoms with Crippen LogP contribution in [-0.2, 0) is 5.41 Å². The average molecular weight is 524 g/mol. The van der Waals surface area contributed by atoms with Crippen LogP contribution in [0.4, 0.5) is 5.69 Å². The highest BCUT2D eigenvalue weighted by atomic mass is 16.6. The number of fused-ring (bicyclic) bond motifs is 2. The second-order valence-electron chi connectivity index (χ2n) is 10.5. The summed E-state index contributed by atoms with van der Waals surface area (Å²) in [6, 6.07) is 33.4. The molecule has 0 amide bonds. The summed E-state index contributed by atoms with van der Waals surface area (Å²) in [5.41, 5.74) is 10.0. The van der Waals surface area contributed by atoms with Crippen LogP contribution < -0.4 is 14.8 Å². The lowest BCUT2D eigenvalue weighted by Gasteiger charge is -2.31. The number of hydrogen-bond acceptors (Lipinski definition) is 3. The Hall–Kier alpha value is -4.76. The zero-order valence-electron chi connectivity index (χ0n) is 23.4. The highest BCUT2D eigenvalue weighted by molar-refractivity contribution is 5.91. The predicted octanol–water partition coefficient (Wildman–Crippen LogP) is 9.43. The molecule has 1 aliphatic carbocycles. The first-order valence-corrected chi connectivity index (χ1v) is 13.7. The third kappa shape index (κ3) is 4.06. The van der Waals surface area contributed by atoms with Crippen LogP contribution in [-0.4, -0.2) is 0 Å². The Morgan fingerprint density at radius 2 is 1.48 bits per heavy atom. The number of aryl methyl sites for hydroxylation is 1. The predicted molar refractivity (Wildman–Crippen MR) is 165 cm³/mol.